The lowest BCUT2D eigenvalue weighted by molar-refractivity contribution is -0.112. The molecule has 0 radical (unpaired) electrons. The van der Waals surface area contributed by atoms with E-state index in [4.69, 9.17) is 4.74 Å². The lowest BCUT2D eigenvalue weighted by Gasteiger charge is -1.95. The van der Waals surface area contributed by atoms with Crippen molar-refractivity contribution in [2.45, 2.75) is 0 Å². The molecule has 0 saturated carbocycles. The van der Waals surface area contributed by atoms with Crippen molar-refractivity contribution in [1.82, 2.24) is 0 Å². The maximum Gasteiger partial charge on any atom is 0.145 e. The molecule has 0 fully saturated rings. The average molecular weight is 118 g/mol. The minimum Gasteiger partial charge on any atom is -0.382 e. The predicted octanol–water partition coefficient (Wildman–Crippen LogP) is -0.152. The van der Waals surface area contributed by atoms with Crippen LogP contribution in [0.4, 0.5) is 0 Å². The highest BCUT2D eigenvalue weighted by molar-refractivity contribution is 5.50. The van der Waals surface area contributed by atoms with Crippen molar-refractivity contribution in [1.29, 1.82) is 0 Å². The summed E-state index contributed by atoms with van der Waals surface area (Å²) in [4.78, 5) is 9.60. The van der Waals surface area contributed by atoms with E-state index in [0.29, 0.717) is 13.2 Å². The summed E-state index contributed by atoms with van der Waals surface area (Å²) in [5.74, 6) is 0. The first-order chi connectivity index (χ1) is 3.91. The summed E-state index contributed by atoms with van der Waals surface area (Å²) in [7, 11) is 1.59. The first kappa shape index (κ1) is 7.59. The quantitative estimate of drug-likeness (QED) is 0.372. The van der Waals surface area contributed by atoms with Crippen LogP contribution >= 0.6 is 0 Å². The number of carbonyl (C=O) groups is 1. The van der Waals surface area contributed by atoms with E-state index in [1.165, 1.54) is 0 Å². The predicted molar refractivity (Wildman–Crippen MR) is 28.8 cm³/mol. The van der Waals surface area contributed by atoms with Crippen LogP contribution in [0, 0.1) is 0 Å². The summed E-state index contributed by atoms with van der Waals surface area (Å²) >= 11 is 0. The van der Waals surface area contributed by atoms with Crippen molar-refractivity contribution in [2.75, 3.05) is 26.9 Å². The fourth-order valence-corrected chi connectivity index (χ4v) is 0.274. The molecule has 0 aromatic heterocycles. The van der Waals surface area contributed by atoms with Crippen molar-refractivity contribution < 1.29 is 14.3 Å². The lowest BCUT2D eigenvalue weighted by Crippen LogP contribution is -2.02. The number of rotatable bonds is 5. The van der Waals surface area contributed by atoms with Crippen molar-refractivity contribution in [3.8, 4) is 0 Å². The van der Waals surface area contributed by atoms with Crippen LogP contribution in [-0.2, 0) is 14.3 Å². The second-order valence-electron chi connectivity index (χ2n) is 1.23. The van der Waals surface area contributed by atoms with Crippen LogP contribution < -0.4 is 0 Å². The SMILES string of the molecule is COCCOCC=O. The van der Waals surface area contributed by atoms with E-state index in [-0.39, 0.29) is 6.61 Å². The normalized spacial score (nSPS) is 9.12. The van der Waals surface area contributed by atoms with Gasteiger partial charge in [-0.1, -0.05) is 0 Å². The topological polar surface area (TPSA) is 35.5 Å². The van der Waals surface area contributed by atoms with Gasteiger partial charge >= 0.3 is 0 Å². The molecule has 0 amide bonds. The van der Waals surface area contributed by atoms with Gasteiger partial charge < -0.3 is 14.3 Å². The highest BCUT2D eigenvalue weighted by Gasteiger charge is 1.81. The molecule has 3 heteroatoms. The summed E-state index contributed by atoms with van der Waals surface area (Å²) in [6, 6.07) is 0. The molecule has 0 saturated heterocycles. The zero-order valence-electron chi connectivity index (χ0n) is 4.92. The van der Waals surface area contributed by atoms with Gasteiger partial charge in [-0.05, 0) is 0 Å². The van der Waals surface area contributed by atoms with Crippen molar-refractivity contribution in [2.24, 2.45) is 0 Å². The summed E-state index contributed by atoms with van der Waals surface area (Å²) in [6.45, 7) is 1.21. The Kier molecular flexibility index (Phi) is 6.25. The molecule has 0 bridgehead atoms. The third-order valence-corrected chi connectivity index (χ3v) is 0.618. The van der Waals surface area contributed by atoms with Gasteiger partial charge in [-0.25, -0.2) is 0 Å². The van der Waals surface area contributed by atoms with Crippen LogP contribution in [0.1, 0.15) is 0 Å². The number of ether oxygens (including phenoxy) is 2. The number of methoxy groups -OCH3 is 1. The van der Waals surface area contributed by atoms with E-state index >= 15 is 0 Å². The first-order valence-electron chi connectivity index (χ1n) is 2.42. The molecule has 3 nitrogen and oxygen atoms in total. The van der Waals surface area contributed by atoms with Gasteiger partial charge in [-0.2, -0.15) is 0 Å². The standard InChI is InChI=1S/C5H10O3/c1-7-4-5-8-3-2-6/h2H,3-5H2,1H3. The average Bonchev–Trinajstić information content (AvgIpc) is 1.81. The number of hydrogen-bond acceptors (Lipinski definition) is 3. The van der Waals surface area contributed by atoms with Gasteiger partial charge in [0.25, 0.3) is 0 Å². The van der Waals surface area contributed by atoms with Gasteiger partial charge in [0.15, 0.2) is 0 Å². The lowest BCUT2D eigenvalue weighted by atomic mass is 10.7. The smallest absolute Gasteiger partial charge is 0.145 e. The largest absolute Gasteiger partial charge is 0.382 e. The van der Waals surface area contributed by atoms with E-state index in [2.05, 4.69) is 4.74 Å². The maximum atomic E-state index is 9.60. The van der Waals surface area contributed by atoms with Crippen LogP contribution in [0.25, 0.3) is 0 Å². The molecular formula is C5H10O3. The Hall–Kier alpha value is -0.410. The van der Waals surface area contributed by atoms with E-state index in [1.807, 2.05) is 0 Å². The van der Waals surface area contributed by atoms with Crippen molar-refractivity contribution in [3.05, 3.63) is 0 Å². The highest BCUT2D eigenvalue weighted by atomic mass is 16.5. The molecule has 0 N–H and O–H groups in total. The summed E-state index contributed by atoms with van der Waals surface area (Å²) in [5, 5.41) is 0. The Morgan fingerprint density at radius 2 is 2.25 bits per heavy atom. The molecule has 0 heterocycles. The van der Waals surface area contributed by atoms with Gasteiger partial charge in [-0.3, -0.25) is 0 Å². The number of hydrogen-bond donors (Lipinski definition) is 0. The van der Waals surface area contributed by atoms with Gasteiger partial charge in [0.05, 0.1) is 13.2 Å². The van der Waals surface area contributed by atoms with Crippen LogP contribution in [0.2, 0.25) is 0 Å². The van der Waals surface area contributed by atoms with Gasteiger partial charge in [0, 0.05) is 7.11 Å². The van der Waals surface area contributed by atoms with E-state index in [9.17, 15) is 4.79 Å². The van der Waals surface area contributed by atoms with E-state index in [1.54, 1.807) is 7.11 Å². The van der Waals surface area contributed by atoms with Gasteiger partial charge in [0.1, 0.15) is 12.9 Å². The molecular weight excluding hydrogens is 108 g/mol. The Morgan fingerprint density at radius 1 is 1.50 bits per heavy atom. The number of aldehydes is 1. The minimum absolute atomic E-state index is 0.170. The second-order valence-corrected chi connectivity index (χ2v) is 1.23. The molecule has 0 atom stereocenters. The van der Waals surface area contributed by atoms with Crippen LogP contribution in [0.15, 0.2) is 0 Å². The third-order valence-electron chi connectivity index (χ3n) is 0.618. The fraction of sp³-hybridized carbons (Fsp3) is 0.800. The zero-order valence-corrected chi connectivity index (χ0v) is 4.92. The molecule has 0 aliphatic rings. The van der Waals surface area contributed by atoms with Crippen LogP contribution in [0.5, 0.6) is 0 Å². The Bertz CT molecular complexity index is 53.6. The molecule has 0 aliphatic carbocycles. The highest BCUT2D eigenvalue weighted by Crippen LogP contribution is 1.70. The molecule has 0 unspecified atom stereocenters. The van der Waals surface area contributed by atoms with Crippen LogP contribution in [-0.4, -0.2) is 33.2 Å². The Morgan fingerprint density at radius 3 is 2.75 bits per heavy atom. The Balaban J connectivity index is 2.62. The third kappa shape index (κ3) is 5.59. The van der Waals surface area contributed by atoms with Crippen LogP contribution in [0.3, 0.4) is 0 Å². The molecule has 8 heavy (non-hydrogen) atoms. The summed E-state index contributed by atoms with van der Waals surface area (Å²) < 4.78 is 9.38. The molecule has 0 spiro atoms. The van der Waals surface area contributed by atoms with Crippen molar-refractivity contribution >= 4 is 6.29 Å². The van der Waals surface area contributed by atoms with Gasteiger partial charge in [-0.15, -0.1) is 0 Å². The maximum absolute atomic E-state index is 9.60. The monoisotopic (exact) mass is 118 g/mol. The molecule has 0 aromatic carbocycles. The first-order valence-corrected chi connectivity index (χ1v) is 2.42. The van der Waals surface area contributed by atoms with Crippen molar-refractivity contribution in [3.63, 3.8) is 0 Å². The molecule has 0 aromatic rings. The zero-order chi connectivity index (χ0) is 6.24. The molecule has 0 aliphatic heterocycles. The molecule has 0 rings (SSSR count). The van der Waals surface area contributed by atoms with E-state index in [0.717, 1.165) is 6.29 Å². The Labute approximate surface area is 48.6 Å². The molecule has 48 valence electrons. The fourth-order valence-electron chi connectivity index (χ4n) is 0.274. The number of carbonyl (C=O) groups excluding carboxylic acids is 1. The van der Waals surface area contributed by atoms with E-state index < -0.39 is 0 Å². The summed E-state index contributed by atoms with van der Waals surface area (Å²) in [6.07, 6.45) is 0.718. The minimum atomic E-state index is 0.170. The summed E-state index contributed by atoms with van der Waals surface area (Å²) in [5.41, 5.74) is 0. The second kappa shape index (κ2) is 6.59. The van der Waals surface area contributed by atoms with Gasteiger partial charge in [0.2, 0.25) is 0 Å².